The Morgan fingerprint density at radius 1 is 1.35 bits per heavy atom. The number of carbonyl (C=O) groups excluding carboxylic acids is 2. The van der Waals surface area contributed by atoms with Crippen LogP contribution in [0.25, 0.3) is 0 Å². The van der Waals surface area contributed by atoms with Crippen molar-refractivity contribution in [2.75, 3.05) is 6.61 Å². The van der Waals surface area contributed by atoms with E-state index in [2.05, 4.69) is 0 Å². The van der Waals surface area contributed by atoms with E-state index in [1.165, 1.54) is 12.1 Å². The molecule has 0 aliphatic carbocycles. The quantitative estimate of drug-likeness (QED) is 0.542. The highest BCUT2D eigenvalue weighted by atomic mass is 19.1. The van der Waals surface area contributed by atoms with Crippen LogP contribution in [0.15, 0.2) is 18.2 Å². The molecule has 0 saturated carbocycles. The van der Waals surface area contributed by atoms with Crippen LogP contribution in [-0.2, 0) is 4.79 Å². The molecule has 92 valence electrons. The molecule has 1 rings (SSSR count). The highest BCUT2D eigenvalue weighted by Gasteiger charge is 2.01. The number of ketones is 1. The average molecular weight is 238 g/mol. The predicted octanol–water partition coefficient (Wildman–Crippen LogP) is 2.78. The van der Waals surface area contributed by atoms with Crippen molar-refractivity contribution in [3.8, 4) is 5.75 Å². The largest absolute Gasteiger partial charge is 0.493 e. The molecule has 0 atom stereocenters. The lowest BCUT2D eigenvalue weighted by Gasteiger charge is -2.06. The molecule has 0 amide bonds. The molecular weight excluding hydrogens is 223 g/mol. The number of halogens is 1. The van der Waals surface area contributed by atoms with Crippen LogP contribution in [0.2, 0.25) is 0 Å². The number of Topliss-reactive ketones (excluding diaryl/α,β-unsaturated/α-hetero) is 1. The van der Waals surface area contributed by atoms with Crippen LogP contribution in [0.5, 0.6) is 5.75 Å². The Kier molecular flexibility index (Phi) is 5.33. The van der Waals surface area contributed by atoms with E-state index in [-0.39, 0.29) is 11.3 Å². The number of ether oxygens (including phenoxy) is 1. The van der Waals surface area contributed by atoms with E-state index >= 15 is 0 Å². The van der Waals surface area contributed by atoms with Gasteiger partial charge in [0.15, 0.2) is 0 Å². The van der Waals surface area contributed by atoms with Gasteiger partial charge < -0.3 is 9.53 Å². The van der Waals surface area contributed by atoms with E-state index in [4.69, 9.17) is 4.74 Å². The summed E-state index contributed by atoms with van der Waals surface area (Å²) in [6.07, 6.45) is 2.59. The second-order valence-electron chi connectivity index (χ2n) is 3.85. The molecule has 0 aromatic heterocycles. The first-order valence-corrected chi connectivity index (χ1v) is 5.50. The normalized spacial score (nSPS) is 10.0. The lowest BCUT2D eigenvalue weighted by atomic mass is 10.2. The van der Waals surface area contributed by atoms with Crippen molar-refractivity contribution in [3.05, 3.63) is 29.6 Å². The summed E-state index contributed by atoms with van der Waals surface area (Å²) in [6.45, 7) is 1.96. The average Bonchev–Trinajstić information content (AvgIpc) is 2.27. The van der Waals surface area contributed by atoms with Crippen molar-refractivity contribution in [3.63, 3.8) is 0 Å². The van der Waals surface area contributed by atoms with Gasteiger partial charge in [0.1, 0.15) is 23.6 Å². The molecule has 17 heavy (non-hydrogen) atoms. The molecular formula is C13H15FO3. The monoisotopic (exact) mass is 238 g/mol. The number of hydrogen-bond acceptors (Lipinski definition) is 3. The van der Waals surface area contributed by atoms with Gasteiger partial charge in [-0.1, -0.05) is 0 Å². The molecule has 0 unspecified atom stereocenters. The van der Waals surface area contributed by atoms with E-state index in [0.29, 0.717) is 25.1 Å². The number of hydrogen-bond donors (Lipinski definition) is 0. The van der Waals surface area contributed by atoms with Gasteiger partial charge in [0.25, 0.3) is 0 Å². The molecule has 0 radical (unpaired) electrons. The molecule has 1 aromatic rings. The van der Waals surface area contributed by atoms with Gasteiger partial charge in [0, 0.05) is 18.1 Å². The van der Waals surface area contributed by atoms with Gasteiger partial charge in [-0.15, -0.1) is 0 Å². The molecule has 0 saturated heterocycles. The van der Waals surface area contributed by atoms with E-state index in [0.717, 1.165) is 18.9 Å². The van der Waals surface area contributed by atoms with Crippen LogP contribution in [0.3, 0.4) is 0 Å². The summed E-state index contributed by atoms with van der Waals surface area (Å²) in [5.41, 5.74) is 0.253. The number of unbranched alkanes of at least 4 members (excludes halogenated alkanes) is 1. The first-order chi connectivity index (χ1) is 8.11. The Bertz CT molecular complexity index is 402. The summed E-state index contributed by atoms with van der Waals surface area (Å²) >= 11 is 0. The highest BCUT2D eigenvalue weighted by Crippen LogP contribution is 2.15. The van der Waals surface area contributed by atoms with Crippen LogP contribution in [0.4, 0.5) is 4.39 Å². The van der Waals surface area contributed by atoms with Gasteiger partial charge >= 0.3 is 0 Å². The van der Waals surface area contributed by atoms with Crippen molar-refractivity contribution in [1.82, 2.24) is 0 Å². The molecule has 0 spiro atoms. The summed E-state index contributed by atoms with van der Waals surface area (Å²) in [5, 5.41) is 0. The maximum absolute atomic E-state index is 13.0. The molecule has 0 N–H and O–H groups in total. The molecule has 0 bridgehead atoms. The lowest BCUT2D eigenvalue weighted by molar-refractivity contribution is -0.117. The highest BCUT2D eigenvalue weighted by molar-refractivity contribution is 5.75. The van der Waals surface area contributed by atoms with Crippen molar-refractivity contribution in [2.24, 2.45) is 0 Å². The summed E-state index contributed by atoms with van der Waals surface area (Å²) in [6, 6.07) is 3.87. The van der Waals surface area contributed by atoms with Crippen LogP contribution in [0, 0.1) is 5.82 Å². The smallest absolute Gasteiger partial charge is 0.150 e. The van der Waals surface area contributed by atoms with Crippen LogP contribution < -0.4 is 4.74 Å². The van der Waals surface area contributed by atoms with Gasteiger partial charge in [0.2, 0.25) is 0 Å². The minimum atomic E-state index is -0.492. The van der Waals surface area contributed by atoms with Gasteiger partial charge in [0.05, 0.1) is 6.61 Å². The fourth-order valence-corrected chi connectivity index (χ4v) is 1.40. The van der Waals surface area contributed by atoms with E-state index in [1.807, 2.05) is 0 Å². The summed E-state index contributed by atoms with van der Waals surface area (Å²) in [7, 11) is 0. The predicted molar refractivity (Wildman–Crippen MR) is 61.8 cm³/mol. The third-order valence-electron chi connectivity index (χ3n) is 2.22. The van der Waals surface area contributed by atoms with E-state index < -0.39 is 5.82 Å². The number of carbonyl (C=O) groups is 2. The third-order valence-corrected chi connectivity index (χ3v) is 2.22. The Balaban J connectivity index is 2.38. The Labute approximate surface area is 99.6 Å². The van der Waals surface area contributed by atoms with E-state index in [1.54, 1.807) is 6.92 Å². The van der Waals surface area contributed by atoms with Gasteiger partial charge in [-0.3, -0.25) is 4.79 Å². The van der Waals surface area contributed by atoms with E-state index in [9.17, 15) is 14.0 Å². The van der Waals surface area contributed by atoms with Gasteiger partial charge in [-0.05, 0) is 31.9 Å². The van der Waals surface area contributed by atoms with Crippen molar-refractivity contribution < 1.29 is 18.7 Å². The van der Waals surface area contributed by atoms with Crippen molar-refractivity contribution in [1.29, 1.82) is 0 Å². The molecule has 1 aromatic carbocycles. The second-order valence-corrected chi connectivity index (χ2v) is 3.85. The Hall–Kier alpha value is -1.71. The fraction of sp³-hybridized carbons (Fsp3) is 0.385. The lowest BCUT2D eigenvalue weighted by Crippen LogP contribution is -2.00. The zero-order valence-electron chi connectivity index (χ0n) is 9.74. The third kappa shape index (κ3) is 5.24. The zero-order chi connectivity index (χ0) is 12.7. The first kappa shape index (κ1) is 13.4. The maximum Gasteiger partial charge on any atom is 0.150 e. The van der Waals surface area contributed by atoms with Gasteiger partial charge in [-0.2, -0.15) is 0 Å². The number of benzene rings is 1. The molecule has 4 heteroatoms. The zero-order valence-corrected chi connectivity index (χ0v) is 9.74. The Morgan fingerprint density at radius 2 is 2.12 bits per heavy atom. The first-order valence-electron chi connectivity index (χ1n) is 5.50. The van der Waals surface area contributed by atoms with Crippen LogP contribution in [-0.4, -0.2) is 18.7 Å². The molecule has 0 fully saturated rings. The Morgan fingerprint density at radius 3 is 2.76 bits per heavy atom. The molecule has 0 heterocycles. The van der Waals surface area contributed by atoms with Gasteiger partial charge in [-0.25, -0.2) is 4.39 Å². The maximum atomic E-state index is 13.0. The summed E-state index contributed by atoms with van der Waals surface area (Å²) in [4.78, 5) is 21.2. The topological polar surface area (TPSA) is 43.4 Å². The SMILES string of the molecule is CC(=O)CCCCOc1cc(F)cc(C=O)c1. The molecule has 3 nitrogen and oxygen atoms in total. The second kappa shape index (κ2) is 6.78. The minimum absolute atomic E-state index is 0.152. The van der Waals surface area contributed by atoms with Crippen molar-refractivity contribution in [2.45, 2.75) is 26.2 Å². The van der Waals surface area contributed by atoms with Crippen molar-refractivity contribution >= 4 is 12.1 Å². The molecule has 0 aliphatic heterocycles. The van der Waals surface area contributed by atoms with Crippen LogP contribution >= 0.6 is 0 Å². The molecule has 0 aliphatic rings. The fourth-order valence-electron chi connectivity index (χ4n) is 1.40. The minimum Gasteiger partial charge on any atom is -0.493 e. The number of aldehydes is 1. The number of rotatable bonds is 7. The standard InChI is InChI=1S/C13H15FO3/c1-10(16)4-2-3-5-17-13-7-11(9-15)6-12(14)8-13/h6-9H,2-5H2,1H3. The summed E-state index contributed by atoms with van der Waals surface area (Å²) < 4.78 is 18.3. The summed E-state index contributed by atoms with van der Waals surface area (Å²) in [5.74, 6) is 0.00209. The van der Waals surface area contributed by atoms with Crippen LogP contribution in [0.1, 0.15) is 36.5 Å².